The van der Waals surface area contributed by atoms with Crippen molar-refractivity contribution in [2.45, 2.75) is 38.6 Å². The molecule has 2 amide bonds. The fourth-order valence-corrected chi connectivity index (χ4v) is 2.38. The fraction of sp³-hybridized carbons (Fsp3) is 0.583. The highest BCUT2D eigenvalue weighted by Gasteiger charge is 2.19. The van der Waals surface area contributed by atoms with E-state index in [1.807, 2.05) is 0 Å². The second-order valence-electron chi connectivity index (χ2n) is 4.35. The molecule has 2 N–H and O–H groups in total. The molecule has 0 aliphatic heterocycles. The lowest BCUT2D eigenvalue weighted by Gasteiger charge is -2.26. The molecule has 1 aromatic heterocycles. The van der Waals surface area contributed by atoms with Crippen molar-refractivity contribution < 1.29 is 14.3 Å². The van der Waals surface area contributed by atoms with E-state index in [1.54, 1.807) is 12.3 Å². The van der Waals surface area contributed by atoms with Crippen molar-refractivity contribution in [1.82, 2.24) is 10.3 Å². The highest BCUT2D eigenvalue weighted by molar-refractivity contribution is 7.13. The molecular weight excluding hydrogens is 266 g/mol. The van der Waals surface area contributed by atoms with E-state index >= 15 is 0 Å². The number of ether oxygens (including phenoxy) is 1. The summed E-state index contributed by atoms with van der Waals surface area (Å²) in [7, 11) is 0. The van der Waals surface area contributed by atoms with Crippen LogP contribution in [-0.2, 0) is 16.0 Å². The van der Waals surface area contributed by atoms with Crippen LogP contribution >= 0.6 is 11.3 Å². The molecule has 0 radical (unpaired) electrons. The Morgan fingerprint density at radius 3 is 2.95 bits per heavy atom. The highest BCUT2D eigenvalue weighted by Crippen LogP contribution is 2.19. The van der Waals surface area contributed by atoms with Crippen LogP contribution in [0.2, 0.25) is 0 Å². The van der Waals surface area contributed by atoms with Crippen LogP contribution in [-0.4, -0.2) is 29.6 Å². The molecule has 1 aliphatic carbocycles. The highest BCUT2D eigenvalue weighted by atomic mass is 32.1. The van der Waals surface area contributed by atoms with Gasteiger partial charge in [-0.25, -0.2) is 9.78 Å². The van der Waals surface area contributed by atoms with Gasteiger partial charge in [0, 0.05) is 11.4 Å². The van der Waals surface area contributed by atoms with Crippen molar-refractivity contribution in [2.75, 3.05) is 11.9 Å². The maximum atomic E-state index is 11.6. The molecule has 1 aliphatic rings. The van der Waals surface area contributed by atoms with Crippen molar-refractivity contribution in [1.29, 1.82) is 0 Å². The normalized spacial score (nSPS) is 14.6. The van der Waals surface area contributed by atoms with Gasteiger partial charge in [0.05, 0.1) is 18.7 Å². The predicted octanol–water partition coefficient (Wildman–Crippen LogP) is 1.92. The average Bonchev–Trinajstić information content (AvgIpc) is 2.71. The number of amides is 2. The van der Waals surface area contributed by atoms with Gasteiger partial charge < -0.3 is 10.1 Å². The third-order valence-electron chi connectivity index (χ3n) is 2.84. The van der Waals surface area contributed by atoms with E-state index < -0.39 is 0 Å². The molecule has 7 heteroatoms. The van der Waals surface area contributed by atoms with Gasteiger partial charge >= 0.3 is 12.0 Å². The summed E-state index contributed by atoms with van der Waals surface area (Å²) in [5.41, 5.74) is 0.613. The standard InChI is InChI=1S/C12H17N3O3S/c1-2-18-10(16)6-9-7-19-12(14-9)15-11(17)13-8-4-3-5-8/h7-8H,2-6H2,1H3,(H2,13,14,15,17). The smallest absolute Gasteiger partial charge is 0.321 e. The molecule has 6 nitrogen and oxygen atoms in total. The maximum absolute atomic E-state index is 11.6. The van der Waals surface area contributed by atoms with Gasteiger partial charge in [-0.3, -0.25) is 10.1 Å². The molecule has 1 heterocycles. The Balaban J connectivity index is 1.79. The number of urea groups is 1. The molecule has 1 fully saturated rings. The van der Waals surface area contributed by atoms with Gasteiger partial charge in [0.1, 0.15) is 0 Å². The zero-order valence-electron chi connectivity index (χ0n) is 10.8. The van der Waals surface area contributed by atoms with Crippen molar-refractivity contribution in [2.24, 2.45) is 0 Å². The third kappa shape index (κ3) is 4.20. The Hall–Kier alpha value is -1.63. The number of esters is 1. The first-order valence-electron chi connectivity index (χ1n) is 6.35. The van der Waals surface area contributed by atoms with Crippen LogP contribution in [0.3, 0.4) is 0 Å². The van der Waals surface area contributed by atoms with E-state index in [-0.39, 0.29) is 18.4 Å². The number of thiazole rings is 1. The second-order valence-corrected chi connectivity index (χ2v) is 5.21. The number of hydrogen-bond acceptors (Lipinski definition) is 5. The number of aromatic nitrogens is 1. The van der Waals surface area contributed by atoms with E-state index in [0.29, 0.717) is 23.5 Å². The molecule has 1 aromatic rings. The Labute approximate surface area is 115 Å². The second kappa shape index (κ2) is 6.51. The maximum Gasteiger partial charge on any atom is 0.321 e. The van der Waals surface area contributed by atoms with Gasteiger partial charge in [0.15, 0.2) is 5.13 Å². The summed E-state index contributed by atoms with van der Waals surface area (Å²) in [5, 5.41) is 7.77. The summed E-state index contributed by atoms with van der Waals surface area (Å²) in [6.07, 6.45) is 3.39. The van der Waals surface area contributed by atoms with Crippen LogP contribution in [0.1, 0.15) is 31.9 Å². The summed E-state index contributed by atoms with van der Waals surface area (Å²) in [6.45, 7) is 2.12. The summed E-state index contributed by atoms with van der Waals surface area (Å²) in [5.74, 6) is -0.307. The minimum Gasteiger partial charge on any atom is -0.466 e. The first kappa shape index (κ1) is 13.8. The summed E-state index contributed by atoms with van der Waals surface area (Å²) >= 11 is 1.30. The SMILES string of the molecule is CCOC(=O)Cc1csc(NC(=O)NC2CCC2)n1. The van der Waals surface area contributed by atoms with Gasteiger partial charge in [-0.1, -0.05) is 0 Å². The van der Waals surface area contributed by atoms with Crippen molar-refractivity contribution in [3.8, 4) is 0 Å². The molecular formula is C12H17N3O3S. The molecule has 19 heavy (non-hydrogen) atoms. The van der Waals surface area contributed by atoms with Crippen molar-refractivity contribution >= 4 is 28.5 Å². The van der Waals surface area contributed by atoms with Gasteiger partial charge in [-0.05, 0) is 26.2 Å². The molecule has 0 aromatic carbocycles. The summed E-state index contributed by atoms with van der Waals surface area (Å²) in [6, 6.07) is 0.0562. The Morgan fingerprint density at radius 1 is 1.53 bits per heavy atom. The number of carbonyl (C=O) groups is 2. The van der Waals surface area contributed by atoms with Crippen molar-refractivity contribution in [3.63, 3.8) is 0 Å². The number of hydrogen-bond donors (Lipinski definition) is 2. The lowest BCUT2D eigenvalue weighted by molar-refractivity contribution is -0.142. The Kier molecular flexibility index (Phi) is 4.73. The van der Waals surface area contributed by atoms with Crippen LogP contribution in [0.4, 0.5) is 9.93 Å². The van der Waals surface area contributed by atoms with E-state index in [1.165, 1.54) is 17.8 Å². The minimum atomic E-state index is -0.307. The fourth-order valence-electron chi connectivity index (χ4n) is 1.68. The van der Waals surface area contributed by atoms with Gasteiger partial charge in [0.25, 0.3) is 0 Å². The number of anilines is 1. The topological polar surface area (TPSA) is 80.3 Å². The Bertz CT molecular complexity index is 457. The number of nitrogens with zero attached hydrogens (tertiary/aromatic N) is 1. The summed E-state index contributed by atoms with van der Waals surface area (Å²) in [4.78, 5) is 27.1. The van der Waals surface area contributed by atoms with Crippen LogP contribution in [0.25, 0.3) is 0 Å². The molecule has 1 saturated carbocycles. The lowest BCUT2D eigenvalue weighted by Crippen LogP contribution is -2.41. The average molecular weight is 283 g/mol. The van der Waals surface area contributed by atoms with Gasteiger partial charge in [-0.2, -0.15) is 0 Å². The minimum absolute atomic E-state index is 0.135. The van der Waals surface area contributed by atoms with E-state index in [9.17, 15) is 9.59 Å². The Morgan fingerprint density at radius 2 is 2.32 bits per heavy atom. The van der Waals surface area contributed by atoms with E-state index in [2.05, 4.69) is 15.6 Å². The molecule has 0 saturated heterocycles. The van der Waals surface area contributed by atoms with Gasteiger partial charge in [-0.15, -0.1) is 11.3 Å². The zero-order valence-corrected chi connectivity index (χ0v) is 11.6. The quantitative estimate of drug-likeness (QED) is 0.809. The largest absolute Gasteiger partial charge is 0.466 e. The predicted molar refractivity (Wildman–Crippen MR) is 72.2 cm³/mol. The van der Waals surface area contributed by atoms with Crippen LogP contribution in [0, 0.1) is 0 Å². The van der Waals surface area contributed by atoms with Crippen LogP contribution in [0.15, 0.2) is 5.38 Å². The third-order valence-corrected chi connectivity index (χ3v) is 3.65. The lowest BCUT2D eigenvalue weighted by atomic mass is 9.93. The molecule has 0 bridgehead atoms. The first-order valence-corrected chi connectivity index (χ1v) is 7.23. The van der Waals surface area contributed by atoms with E-state index in [0.717, 1.165) is 12.8 Å². The summed E-state index contributed by atoms with van der Waals surface area (Å²) < 4.78 is 4.84. The van der Waals surface area contributed by atoms with Crippen LogP contribution in [0.5, 0.6) is 0 Å². The van der Waals surface area contributed by atoms with Crippen molar-refractivity contribution in [3.05, 3.63) is 11.1 Å². The molecule has 0 unspecified atom stereocenters. The molecule has 2 rings (SSSR count). The molecule has 0 spiro atoms. The molecule has 0 atom stereocenters. The first-order chi connectivity index (χ1) is 9.17. The number of rotatable bonds is 5. The number of nitrogens with one attached hydrogen (secondary N) is 2. The monoisotopic (exact) mass is 283 g/mol. The molecule has 104 valence electrons. The number of carbonyl (C=O) groups excluding carboxylic acids is 2. The van der Waals surface area contributed by atoms with E-state index in [4.69, 9.17) is 4.74 Å². The van der Waals surface area contributed by atoms with Crippen LogP contribution < -0.4 is 10.6 Å². The van der Waals surface area contributed by atoms with Gasteiger partial charge in [0.2, 0.25) is 0 Å². The zero-order chi connectivity index (χ0) is 13.7.